The van der Waals surface area contributed by atoms with Gasteiger partial charge >= 0.3 is 12.3 Å². The first kappa shape index (κ1) is 17.3. The van der Waals surface area contributed by atoms with Crippen LogP contribution in [0.4, 0.5) is 18.9 Å². The van der Waals surface area contributed by atoms with Gasteiger partial charge in [0.2, 0.25) is 0 Å². The Balaban J connectivity index is 2.41. The second-order valence-electron chi connectivity index (χ2n) is 4.74. The molecule has 1 N–H and O–H groups in total. The zero-order valence-corrected chi connectivity index (χ0v) is 12.2. The minimum atomic E-state index is -4.90. The Hall–Kier alpha value is -3.09. The predicted molar refractivity (Wildman–Crippen MR) is 82.4 cm³/mol. The molecule has 0 unspecified atom stereocenters. The molecule has 7 heteroatoms. The molecule has 2 aromatic rings. The van der Waals surface area contributed by atoms with E-state index in [1.54, 1.807) is 6.07 Å². The molecular weight excluding hydrogens is 323 g/mol. The topological polar surface area (TPSA) is 57.6 Å². The molecule has 1 amide bonds. The van der Waals surface area contributed by atoms with Gasteiger partial charge in [0.1, 0.15) is 0 Å². The third kappa shape index (κ3) is 4.22. The normalized spacial score (nSPS) is 11.5. The first-order chi connectivity index (χ1) is 11.3. The highest BCUT2D eigenvalue weighted by Crippen LogP contribution is 2.30. The maximum atomic E-state index is 13.3. The van der Waals surface area contributed by atoms with Crippen molar-refractivity contribution in [2.24, 2.45) is 0 Å². The molecule has 0 aromatic heterocycles. The Kier molecular flexibility index (Phi) is 5.03. The van der Waals surface area contributed by atoms with Crippen molar-refractivity contribution in [2.75, 3.05) is 4.90 Å². The Morgan fingerprint density at radius 2 is 1.67 bits per heavy atom. The van der Waals surface area contributed by atoms with Crippen LogP contribution >= 0.6 is 0 Å². The van der Waals surface area contributed by atoms with Crippen LogP contribution in [0.3, 0.4) is 0 Å². The van der Waals surface area contributed by atoms with Crippen LogP contribution < -0.4 is 4.90 Å². The van der Waals surface area contributed by atoms with E-state index in [0.29, 0.717) is 5.56 Å². The standard InChI is InChI=1S/C17H12F3NO3/c18-17(19,20)21(14-7-2-1-3-8-14)16(24)13-6-4-5-12(11-13)9-10-15(22)23/h1-11H,(H,22,23)/b10-9+. The van der Waals surface area contributed by atoms with Gasteiger partial charge in [-0.25, -0.2) is 9.69 Å². The van der Waals surface area contributed by atoms with E-state index in [4.69, 9.17) is 5.11 Å². The van der Waals surface area contributed by atoms with Gasteiger partial charge in [0.05, 0.1) is 5.69 Å². The van der Waals surface area contributed by atoms with Crippen molar-refractivity contribution in [2.45, 2.75) is 6.30 Å². The molecule has 124 valence electrons. The summed E-state index contributed by atoms with van der Waals surface area (Å²) in [4.78, 5) is 22.6. The lowest BCUT2D eigenvalue weighted by atomic mass is 10.1. The summed E-state index contributed by atoms with van der Waals surface area (Å²) >= 11 is 0. The summed E-state index contributed by atoms with van der Waals surface area (Å²) in [6.45, 7) is 0. The Morgan fingerprint density at radius 3 is 2.25 bits per heavy atom. The molecule has 0 atom stereocenters. The number of nitrogens with zero attached hydrogens (tertiary/aromatic N) is 1. The molecule has 0 aliphatic rings. The molecule has 0 heterocycles. The SMILES string of the molecule is O=C(O)/C=C/c1cccc(C(=O)N(c2ccccc2)C(F)(F)F)c1. The number of anilines is 1. The number of hydrogen-bond acceptors (Lipinski definition) is 2. The molecule has 0 saturated heterocycles. The van der Waals surface area contributed by atoms with E-state index in [2.05, 4.69) is 0 Å². The Morgan fingerprint density at radius 1 is 1.00 bits per heavy atom. The van der Waals surface area contributed by atoms with Crippen LogP contribution in [0.15, 0.2) is 60.7 Å². The summed E-state index contributed by atoms with van der Waals surface area (Å²) < 4.78 is 39.9. The number of para-hydroxylation sites is 1. The van der Waals surface area contributed by atoms with Gasteiger partial charge in [-0.15, -0.1) is 13.2 Å². The van der Waals surface area contributed by atoms with Crippen molar-refractivity contribution in [3.05, 3.63) is 71.8 Å². The number of carbonyl (C=O) groups excluding carboxylic acids is 1. The number of amides is 1. The van der Waals surface area contributed by atoms with Crippen molar-refractivity contribution < 1.29 is 27.9 Å². The van der Waals surface area contributed by atoms with E-state index in [-0.39, 0.29) is 16.2 Å². The van der Waals surface area contributed by atoms with Gasteiger partial charge in [0.25, 0.3) is 5.91 Å². The van der Waals surface area contributed by atoms with Crippen LogP contribution in [0.5, 0.6) is 0 Å². The first-order valence-corrected chi connectivity index (χ1v) is 6.76. The van der Waals surface area contributed by atoms with Crippen molar-refractivity contribution in [3.8, 4) is 0 Å². The maximum absolute atomic E-state index is 13.3. The third-order valence-electron chi connectivity index (χ3n) is 3.02. The minimum Gasteiger partial charge on any atom is -0.478 e. The van der Waals surface area contributed by atoms with Gasteiger partial charge in [0.15, 0.2) is 0 Å². The summed E-state index contributed by atoms with van der Waals surface area (Å²) in [5.41, 5.74) is -0.205. The van der Waals surface area contributed by atoms with E-state index < -0.39 is 18.2 Å². The summed E-state index contributed by atoms with van der Waals surface area (Å²) in [6.07, 6.45) is -2.87. The van der Waals surface area contributed by atoms with Crippen LogP contribution in [0.1, 0.15) is 15.9 Å². The fourth-order valence-electron chi connectivity index (χ4n) is 2.03. The lowest BCUT2D eigenvalue weighted by Gasteiger charge is -2.25. The van der Waals surface area contributed by atoms with Gasteiger partial charge in [0, 0.05) is 11.6 Å². The van der Waals surface area contributed by atoms with E-state index in [1.165, 1.54) is 54.6 Å². The highest BCUT2D eigenvalue weighted by Gasteiger charge is 2.42. The first-order valence-electron chi connectivity index (χ1n) is 6.76. The molecule has 24 heavy (non-hydrogen) atoms. The number of carbonyl (C=O) groups is 2. The van der Waals surface area contributed by atoms with Gasteiger partial charge in [-0.05, 0) is 35.9 Å². The number of rotatable bonds is 4. The quantitative estimate of drug-likeness (QED) is 0.680. The zero-order chi connectivity index (χ0) is 17.7. The van der Waals surface area contributed by atoms with Crippen molar-refractivity contribution in [3.63, 3.8) is 0 Å². The summed E-state index contributed by atoms with van der Waals surface area (Å²) in [7, 11) is 0. The van der Waals surface area contributed by atoms with E-state index in [1.807, 2.05) is 0 Å². The highest BCUT2D eigenvalue weighted by atomic mass is 19.4. The van der Waals surface area contributed by atoms with Gasteiger partial charge in [-0.1, -0.05) is 30.3 Å². The average Bonchev–Trinajstić information content (AvgIpc) is 2.53. The van der Waals surface area contributed by atoms with Gasteiger partial charge in [-0.3, -0.25) is 4.79 Å². The van der Waals surface area contributed by atoms with Gasteiger partial charge < -0.3 is 5.11 Å². The van der Waals surface area contributed by atoms with Crippen LogP contribution in [0, 0.1) is 0 Å². The number of carboxylic acids is 1. The van der Waals surface area contributed by atoms with E-state index >= 15 is 0 Å². The number of carboxylic acid groups (broad SMARTS) is 1. The number of halogens is 3. The second kappa shape index (κ2) is 6.99. The molecule has 2 rings (SSSR count). The molecule has 0 saturated carbocycles. The molecule has 2 aromatic carbocycles. The maximum Gasteiger partial charge on any atom is 0.491 e. The van der Waals surface area contributed by atoms with E-state index in [0.717, 1.165) is 6.08 Å². The van der Waals surface area contributed by atoms with Crippen LogP contribution in [-0.2, 0) is 4.79 Å². The van der Waals surface area contributed by atoms with Crippen LogP contribution in [0.25, 0.3) is 6.08 Å². The summed E-state index contributed by atoms with van der Waals surface area (Å²) in [5.74, 6) is -2.45. The van der Waals surface area contributed by atoms with Crippen LogP contribution in [-0.4, -0.2) is 23.3 Å². The molecule has 0 radical (unpaired) electrons. The Labute approximate surface area is 135 Å². The molecule has 0 aliphatic carbocycles. The third-order valence-corrected chi connectivity index (χ3v) is 3.02. The average molecular weight is 335 g/mol. The molecule has 0 aliphatic heterocycles. The summed E-state index contributed by atoms with van der Waals surface area (Å²) in [6, 6.07) is 12.0. The minimum absolute atomic E-state index is 0.205. The highest BCUT2D eigenvalue weighted by molar-refractivity contribution is 6.06. The zero-order valence-electron chi connectivity index (χ0n) is 12.2. The lowest BCUT2D eigenvalue weighted by Crippen LogP contribution is -2.43. The second-order valence-corrected chi connectivity index (χ2v) is 4.74. The molecule has 0 spiro atoms. The van der Waals surface area contributed by atoms with Crippen molar-refractivity contribution in [1.29, 1.82) is 0 Å². The van der Waals surface area contributed by atoms with Crippen molar-refractivity contribution in [1.82, 2.24) is 0 Å². The van der Waals surface area contributed by atoms with E-state index in [9.17, 15) is 22.8 Å². The number of hydrogen-bond donors (Lipinski definition) is 1. The predicted octanol–water partition coefficient (Wildman–Crippen LogP) is 3.95. The fourth-order valence-corrected chi connectivity index (χ4v) is 2.03. The molecule has 0 bridgehead atoms. The fraction of sp³-hybridized carbons (Fsp3) is 0.0588. The molecule has 4 nitrogen and oxygen atoms in total. The van der Waals surface area contributed by atoms with Crippen molar-refractivity contribution >= 4 is 23.6 Å². The molecular formula is C17H12F3NO3. The smallest absolute Gasteiger partial charge is 0.478 e. The number of aliphatic carboxylic acids is 1. The number of benzene rings is 2. The summed E-state index contributed by atoms with van der Waals surface area (Å²) in [5, 5.41) is 8.59. The largest absolute Gasteiger partial charge is 0.491 e. The molecule has 0 fully saturated rings. The van der Waals surface area contributed by atoms with Gasteiger partial charge in [-0.2, -0.15) is 0 Å². The lowest BCUT2D eigenvalue weighted by molar-refractivity contribution is -0.131. The van der Waals surface area contributed by atoms with Crippen LogP contribution in [0.2, 0.25) is 0 Å². The Bertz CT molecular complexity index is 770. The monoisotopic (exact) mass is 335 g/mol. The number of alkyl halides is 3.